The third-order valence-electron chi connectivity index (χ3n) is 2.53. The molecule has 2 aromatic rings. The number of methoxy groups -OCH3 is 1. The van der Waals surface area contributed by atoms with Crippen molar-refractivity contribution >= 4 is 5.97 Å². The molecule has 2 rings (SSSR count). The zero-order chi connectivity index (χ0) is 12.8. The molecule has 0 saturated heterocycles. The molecule has 0 fully saturated rings. The summed E-state index contributed by atoms with van der Waals surface area (Å²) < 4.78 is 9.71. The predicted octanol–water partition coefficient (Wildman–Crippen LogP) is 1.12. The first-order valence-electron chi connectivity index (χ1n) is 5.65. The molecule has 18 heavy (non-hydrogen) atoms. The zero-order valence-electron chi connectivity index (χ0n) is 10.1. The Morgan fingerprint density at radius 1 is 1.61 bits per heavy atom. The standard InChI is InChI=1S/C12H15N3O3/c1-17-12(16)11-9(3-7-18-11)8-13-4-2-10-14-5-6-15-10/h3,5-7,13H,2,4,8H2,1H3,(H,14,15). The van der Waals surface area contributed by atoms with Crippen LogP contribution in [0.15, 0.2) is 29.1 Å². The van der Waals surface area contributed by atoms with Crippen molar-refractivity contribution in [2.75, 3.05) is 13.7 Å². The normalized spacial score (nSPS) is 10.5. The van der Waals surface area contributed by atoms with Crippen LogP contribution in [0.1, 0.15) is 21.9 Å². The number of hydrogen-bond acceptors (Lipinski definition) is 5. The number of rotatable bonds is 6. The van der Waals surface area contributed by atoms with Crippen LogP contribution in [-0.2, 0) is 17.7 Å². The number of furan rings is 1. The van der Waals surface area contributed by atoms with Gasteiger partial charge in [0.05, 0.1) is 13.4 Å². The fourth-order valence-electron chi connectivity index (χ4n) is 1.61. The maximum absolute atomic E-state index is 11.4. The van der Waals surface area contributed by atoms with Gasteiger partial charge in [0.1, 0.15) is 5.82 Å². The molecule has 0 aliphatic rings. The molecule has 2 N–H and O–H groups in total. The first kappa shape index (κ1) is 12.4. The van der Waals surface area contributed by atoms with Gasteiger partial charge < -0.3 is 19.5 Å². The maximum Gasteiger partial charge on any atom is 0.374 e. The van der Waals surface area contributed by atoms with E-state index in [4.69, 9.17) is 4.42 Å². The van der Waals surface area contributed by atoms with Crippen molar-refractivity contribution in [2.45, 2.75) is 13.0 Å². The molecule has 0 saturated carbocycles. The van der Waals surface area contributed by atoms with Crippen LogP contribution in [0, 0.1) is 0 Å². The highest BCUT2D eigenvalue weighted by atomic mass is 16.5. The fourth-order valence-corrected chi connectivity index (χ4v) is 1.61. The first-order valence-corrected chi connectivity index (χ1v) is 5.65. The molecule has 6 heteroatoms. The molecule has 6 nitrogen and oxygen atoms in total. The molecule has 0 bridgehead atoms. The zero-order valence-corrected chi connectivity index (χ0v) is 10.1. The second kappa shape index (κ2) is 6.02. The number of imidazole rings is 1. The maximum atomic E-state index is 11.4. The van der Waals surface area contributed by atoms with Gasteiger partial charge in [0.15, 0.2) is 0 Å². The summed E-state index contributed by atoms with van der Waals surface area (Å²) in [6.45, 7) is 1.32. The first-order chi connectivity index (χ1) is 8.81. The van der Waals surface area contributed by atoms with E-state index in [2.05, 4.69) is 20.0 Å². The minimum Gasteiger partial charge on any atom is -0.463 e. The number of hydrogen-bond donors (Lipinski definition) is 2. The highest BCUT2D eigenvalue weighted by Gasteiger charge is 2.14. The van der Waals surface area contributed by atoms with Crippen molar-refractivity contribution in [3.63, 3.8) is 0 Å². The van der Waals surface area contributed by atoms with Crippen molar-refractivity contribution in [3.05, 3.63) is 41.9 Å². The average molecular weight is 249 g/mol. The molecule has 0 spiro atoms. The predicted molar refractivity (Wildman–Crippen MR) is 64.0 cm³/mol. The SMILES string of the molecule is COC(=O)c1occc1CNCCc1ncc[nH]1. The highest BCUT2D eigenvalue weighted by Crippen LogP contribution is 2.11. The summed E-state index contributed by atoms with van der Waals surface area (Å²) in [6.07, 6.45) is 5.80. The second-order valence-corrected chi connectivity index (χ2v) is 3.73. The smallest absolute Gasteiger partial charge is 0.374 e. The van der Waals surface area contributed by atoms with Crippen molar-refractivity contribution in [2.24, 2.45) is 0 Å². The molecule has 96 valence electrons. The Labute approximate surface area is 104 Å². The van der Waals surface area contributed by atoms with Crippen LogP contribution in [0.5, 0.6) is 0 Å². The summed E-state index contributed by atoms with van der Waals surface area (Å²) in [7, 11) is 1.33. The molecule has 0 atom stereocenters. The van der Waals surface area contributed by atoms with Gasteiger partial charge in [0, 0.05) is 37.5 Å². The number of aromatic amines is 1. The van der Waals surface area contributed by atoms with E-state index >= 15 is 0 Å². The van der Waals surface area contributed by atoms with E-state index < -0.39 is 5.97 Å². The number of ether oxygens (including phenoxy) is 1. The monoisotopic (exact) mass is 249 g/mol. The van der Waals surface area contributed by atoms with Crippen LogP contribution in [0.2, 0.25) is 0 Å². The van der Waals surface area contributed by atoms with E-state index in [1.165, 1.54) is 13.4 Å². The van der Waals surface area contributed by atoms with Crippen molar-refractivity contribution in [1.29, 1.82) is 0 Å². The molecular formula is C12H15N3O3. The molecule has 0 radical (unpaired) electrons. The van der Waals surface area contributed by atoms with E-state index in [9.17, 15) is 4.79 Å². The third kappa shape index (κ3) is 2.98. The Hall–Kier alpha value is -2.08. The molecule has 2 aromatic heterocycles. The molecule has 0 amide bonds. The largest absolute Gasteiger partial charge is 0.463 e. The summed E-state index contributed by atoms with van der Waals surface area (Å²) in [6, 6.07) is 1.76. The van der Waals surface area contributed by atoms with Crippen LogP contribution in [0.4, 0.5) is 0 Å². The van der Waals surface area contributed by atoms with Crippen LogP contribution in [0.25, 0.3) is 0 Å². The summed E-state index contributed by atoms with van der Waals surface area (Å²) in [4.78, 5) is 18.5. The Bertz CT molecular complexity index is 490. The Kier molecular flexibility index (Phi) is 4.14. The number of carbonyl (C=O) groups is 1. The van der Waals surface area contributed by atoms with Gasteiger partial charge in [-0.15, -0.1) is 0 Å². The third-order valence-corrected chi connectivity index (χ3v) is 2.53. The lowest BCUT2D eigenvalue weighted by atomic mass is 10.2. The van der Waals surface area contributed by atoms with Crippen molar-refractivity contribution in [3.8, 4) is 0 Å². The summed E-state index contributed by atoms with van der Waals surface area (Å²) >= 11 is 0. The highest BCUT2D eigenvalue weighted by molar-refractivity contribution is 5.87. The van der Waals surface area contributed by atoms with E-state index in [1.54, 1.807) is 18.5 Å². The van der Waals surface area contributed by atoms with Crippen LogP contribution in [-0.4, -0.2) is 29.6 Å². The van der Waals surface area contributed by atoms with Gasteiger partial charge >= 0.3 is 5.97 Å². The molecule has 0 aromatic carbocycles. The van der Waals surface area contributed by atoms with Gasteiger partial charge in [0.25, 0.3) is 0 Å². The molecule has 0 aliphatic heterocycles. The topological polar surface area (TPSA) is 80.2 Å². The number of nitrogens with one attached hydrogen (secondary N) is 2. The number of aromatic nitrogens is 2. The van der Waals surface area contributed by atoms with Crippen LogP contribution >= 0.6 is 0 Å². The molecular weight excluding hydrogens is 234 g/mol. The Morgan fingerprint density at radius 3 is 3.22 bits per heavy atom. The lowest BCUT2D eigenvalue weighted by molar-refractivity contribution is 0.0563. The van der Waals surface area contributed by atoms with Gasteiger partial charge in [-0.1, -0.05) is 0 Å². The minimum atomic E-state index is -0.456. The molecule has 0 unspecified atom stereocenters. The van der Waals surface area contributed by atoms with Gasteiger partial charge in [-0.05, 0) is 6.07 Å². The molecule has 2 heterocycles. The second-order valence-electron chi connectivity index (χ2n) is 3.73. The van der Waals surface area contributed by atoms with Gasteiger partial charge in [0.2, 0.25) is 5.76 Å². The summed E-state index contributed by atoms with van der Waals surface area (Å²) in [5, 5.41) is 3.22. The van der Waals surface area contributed by atoms with E-state index in [0.717, 1.165) is 24.4 Å². The van der Waals surface area contributed by atoms with E-state index in [0.29, 0.717) is 6.54 Å². The molecule has 0 aliphatic carbocycles. The fraction of sp³-hybridized carbons (Fsp3) is 0.333. The van der Waals surface area contributed by atoms with Crippen molar-refractivity contribution in [1.82, 2.24) is 15.3 Å². The number of carbonyl (C=O) groups excluding carboxylic acids is 1. The van der Waals surface area contributed by atoms with Crippen LogP contribution < -0.4 is 5.32 Å². The van der Waals surface area contributed by atoms with Gasteiger partial charge in [-0.3, -0.25) is 0 Å². The van der Waals surface area contributed by atoms with Gasteiger partial charge in [-0.25, -0.2) is 9.78 Å². The Morgan fingerprint density at radius 2 is 2.50 bits per heavy atom. The van der Waals surface area contributed by atoms with Crippen molar-refractivity contribution < 1.29 is 13.9 Å². The quantitative estimate of drug-likeness (QED) is 0.592. The lowest BCUT2D eigenvalue weighted by Gasteiger charge is -2.03. The van der Waals surface area contributed by atoms with Crippen LogP contribution in [0.3, 0.4) is 0 Å². The number of H-pyrrole nitrogens is 1. The van der Waals surface area contributed by atoms with E-state index in [1.807, 2.05) is 0 Å². The number of nitrogens with zero attached hydrogens (tertiary/aromatic N) is 1. The summed E-state index contributed by atoms with van der Waals surface area (Å²) in [5.41, 5.74) is 0.793. The number of esters is 1. The van der Waals surface area contributed by atoms with E-state index in [-0.39, 0.29) is 5.76 Å². The summed E-state index contributed by atoms with van der Waals surface area (Å²) in [5.74, 6) is 0.730. The Balaban J connectivity index is 1.80. The average Bonchev–Trinajstić information content (AvgIpc) is 3.04. The lowest BCUT2D eigenvalue weighted by Crippen LogP contribution is -2.18. The van der Waals surface area contributed by atoms with Gasteiger partial charge in [-0.2, -0.15) is 0 Å². The minimum absolute atomic E-state index is 0.253.